The number of hydrogen-bond donors (Lipinski definition) is 0. The van der Waals surface area contributed by atoms with Gasteiger partial charge in [-0.25, -0.2) is 15.3 Å². The van der Waals surface area contributed by atoms with Gasteiger partial charge in [0.1, 0.15) is 16.8 Å². The maximum atomic E-state index is 13.6. The van der Waals surface area contributed by atoms with Gasteiger partial charge in [-0.05, 0) is 59.7 Å². The Morgan fingerprint density at radius 2 is 1.57 bits per heavy atom. The van der Waals surface area contributed by atoms with E-state index in [1.807, 2.05) is 0 Å². The van der Waals surface area contributed by atoms with Crippen molar-refractivity contribution < 1.29 is 38.0 Å². The van der Waals surface area contributed by atoms with Crippen molar-refractivity contribution >= 4 is 40.4 Å². The number of nitrogens with zero attached hydrogens (tertiary/aromatic N) is 2. The van der Waals surface area contributed by atoms with Crippen LogP contribution in [0.15, 0.2) is 60.2 Å². The number of rotatable bonds is 9. The van der Waals surface area contributed by atoms with Gasteiger partial charge in [-0.2, -0.15) is 8.75 Å². The van der Waals surface area contributed by atoms with Crippen molar-refractivity contribution in [3.8, 4) is 23.0 Å². The number of carbonyl (C=O) groups is 2. The Labute approximate surface area is 233 Å². The number of carbonyl (C=O) groups excluding carboxylic acids is 2. The summed E-state index contributed by atoms with van der Waals surface area (Å²) in [7, 11) is 6.00. The molecule has 0 fully saturated rings. The number of benzene rings is 3. The third kappa shape index (κ3) is 4.62. The molecule has 0 spiro atoms. The van der Waals surface area contributed by atoms with Crippen molar-refractivity contribution in [1.82, 2.24) is 14.5 Å². The van der Waals surface area contributed by atoms with E-state index in [1.54, 1.807) is 54.6 Å². The molecule has 5 rings (SSSR count). The van der Waals surface area contributed by atoms with Gasteiger partial charge in [0.2, 0.25) is 5.75 Å². The van der Waals surface area contributed by atoms with Crippen LogP contribution in [0.4, 0.5) is 4.79 Å². The van der Waals surface area contributed by atoms with Gasteiger partial charge in [0.15, 0.2) is 11.5 Å². The summed E-state index contributed by atoms with van der Waals surface area (Å²) in [5.41, 5.74) is 10.9. The molecular formula is C28H24N3O8S. The second-order valence-corrected chi connectivity index (χ2v) is 9.18. The molecule has 1 radical (unpaired) electrons. The molecule has 1 aliphatic rings. The number of esters is 1. The lowest BCUT2D eigenvalue weighted by molar-refractivity contribution is -0.184. The normalized spacial score (nSPS) is 16.6. The summed E-state index contributed by atoms with van der Waals surface area (Å²) in [5.74, 6) is -1.05. The Hall–Kier alpha value is -4.84. The van der Waals surface area contributed by atoms with Gasteiger partial charge in [0, 0.05) is 17.6 Å². The van der Waals surface area contributed by atoms with Gasteiger partial charge >= 0.3 is 17.8 Å². The molecule has 2 heterocycles. The fourth-order valence-corrected chi connectivity index (χ4v) is 5.24. The molecule has 12 heteroatoms. The summed E-state index contributed by atoms with van der Waals surface area (Å²) in [6, 6.07) is 15.2. The standard InChI is InChI=1S/C28H24N3O8S/c1-34-18-8-6-17(7-9-18)28(39-27(29)33)19(11-15-12-22(35-2)25(37-4)23(13-15)36-3)24(26(32)38-28)16-5-10-20-21(14-16)31-40-30-20/h5-10,12-14,29H,11H2,1-4H3. The first-order valence-corrected chi connectivity index (χ1v) is 12.6. The average molecular weight is 563 g/mol. The third-order valence-corrected chi connectivity index (χ3v) is 7.05. The second kappa shape index (κ2) is 10.7. The van der Waals surface area contributed by atoms with E-state index in [0.29, 0.717) is 56.3 Å². The molecule has 3 aromatic carbocycles. The molecular weight excluding hydrogens is 538 g/mol. The van der Waals surface area contributed by atoms with Gasteiger partial charge in [-0.1, -0.05) is 6.07 Å². The summed E-state index contributed by atoms with van der Waals surface area (Å²) in [6.45, 7) is 0. The van der Waals surface area contributed by atoms with Crippen molar-refractivity contribution in [3.63, 3.8) is 0 Å². The van der Waals surface area contributed by atoms with Crippen LogP contribution < -0.4 is 24.7 Å². The van der Waals surface area contributed by atoms with E-state index in [2.05, 4.69) is 8.75 Å². The van der Waals surface area contributed by atoms with Gasteiger partial charge < -0.3 is 28.4 Å². The molecule has 0 aliphatic carbocycles. The molecule has 1 N–H and O–H groups in total. The molecule has 0 bridgehead atoms. The smallest absolute Gasteiger partial charge is 0.429 e. The molecule has 0 saturated carbocycles. The lowest BCUT2D eigenvalue weighted by Gasteiger charge is -2.30. The van der Waals surface area contributed by atoms with E-state index in [9.17, 15) is 9.59 Å². The largest absolute Gasteiger partial charge is 0.497 e. The summed E-state index contributed by atoms with van der Waals surface area (Å²) >= 11 is 1.05. The predicted molar refractivity (Wildman–Crippen MR) is 144 cm³/mol. The van der Waals surface area contributed by atoms with Gasteiger partial charge in [-0.15, -0.1) is 0 Å². The highest BCUT2D eigenvalue weighted by Gasteiger charge is 2.53. The number of hydrogen-bond acceptors (Lipinski definition) is 11. The highest BCUT2D eigenvalue weighted by Crippen LogP contribution is 2.49. The molecule has 1 aromatic heterocycles. The van der Waals surface area contributed by atoms with Crippen LogP contribution in [0.3, 0.4) is 0 Å². The zero-order chi connectivity index (χ0) is 28.4. The zero-order valence-electron chi connectivity index (χ0n) is 22.0. The number of fused-ring (bicyclic) bond motifs is 1. The van der Waals surface area contributed by atoms with E-state index < -0.39 is 17.8 Å². The number of aromatic nitrogens is 2. The number of methoxy groups -OCH3 is 4. The maximum Gasteiger partial charge on any atom is 0.429 e. The number of ether oxygens (including phenoxy) is 6. The Balaban J connectivity index is 1.77. The summed E-state index contributed by atoms with van der Waals surface area (Å²) in [4.78, 5) is 25.8. The Morgan fingerprint density at radius 1 is 0.900 bits per heavy atom. The van der Waals surface area contributed by atoms with Crippen LogP contribution >= 0.6 is 11.7 Å². The fraction of sp³-hybridized carbons (Fsp3) is 0.214. The Morgan fingerprint density at radius 3 is 2.17 bits per heavy atom. The van der Waals surface area contributed by atoms with Crippen LogP contribution in [0.5, 0.6) is 23.0 Å². The fourth-order valence-electron chi connectivity index (χ4n) is 4.72. The van der Waals surface area contributed by atoms with E-state index >= 15 is 0 Å². The second-order valence-electron chi connectivity index (χ2n) is 8.66. The average Bonchev–Trinajstić information content (AvgIpc) is 3.53. The highest BCUT2D eigenvalue weighted by molar-refractivity contribution is 7.00. The van der Waals surface area contributed by atoms with Crippen LogP contribution in [0.25, 0.3) is 16.6 Å². The minimum absolute atomic E-state index is 0.0461. The van der Waals surface area contributed by atoms with Crippen LogP contribution in [0.1, 0.15) is 16.7 Å². The number of nitrogens with one attached hydrogen (secondary N) is 1. The van der Waals surface area contributed by atoms with E-state index in [-0.39, 0.29) is 12.0 Å². The van der Waals surface area contributed by atoms with Crippen LogP contribution in [-0.4, -0.2) is 49.2 Å². The summed E-state index contributed by atoms with van der Waals surface area (Å²) in [5, 5.41) is 0. The molecule has 11 nitrogen and oxygen atoms in total. The van der Waals surface area contributed by atoms with E-state index in [0.717, 1.165) is 11.7 Å². The van der Waals surface area contributed by atoms with Gasteiger partial charge in [-0.3, -0.25) is 0 Å². The molecule has 1 unspecified atom stereocenters. The van der Waals surface area contributed by atoms with Crippen molar-refractivity contribution in [2.45, 2.75) is 12.2 Å². The highest BCUT2D eigenvalue weighted by atomic mass is 32.1. The third-order valence-electron chi connectivity index (χ3n) is 6.49. The molecule has 205 valence electrons. The lowest BCUT2D eigenvalue weighted by atomic mass is 9.87. The van der Waals surface area contributed by atoms with E-state index in [1.165, 1.54) is 28.4 Å². The molecule has 1 atom stereocenters. The molecule has 0 saturated heterocycles. The zero-order valence-corrected chi connectivity index (χ0v) is 22.8. The van der Waals surface area contributed by atoms with Crippen LogP contribution in [-0.2, 0) is 26.5 Å². The van der Waals surface area contributed by atoms with Crippen molar-refractivity contribution in [3.05, 3.63) is 76.9 Å². The van der Waals surface area contributed by atoms with Crippen molar-refractivity contribution in [1.29, 1.82) is 0 Å². The van der Waals surface area contributed by atoms with Gasteiger partial charge in [0.05, 0.1) is 45.7 Å². The topological polar surface area (TPSA) is 139 Å². The van der Waals surface area contributed by atoms with Crippen molar-refractivity contribution in [2.24, 2.45) is 0 Å². The summed E-state index contributed by atoms with van der Waals surface area (Å²) < 4.78 is 41.7. The first-order valence-electron chi connectivity index (χ1n) is 11.9. The molecule has 40 heavy (non-hydrogen) atoms. The SMILES string of the molecule is COc1ccc(C2(OC([NH])=O)OC(=O)C(c3ccc4nsnc4c3)=C2Cc2cc(OC)c(OC)c(OC)c2)cc1. The van der Waals surface area contributed by atoms with Crippen molar-refractivity contribution in [2.75, 3.05) is 28.4 Å². The predicted octanol–water partition coefficient (Wildman–Crippen LogP) is 4.55. The Bertz CT molecular complexity index is 1610. The quantitative estimate of drug-likeness (QED) is 0.267. The van der Waals surface area contributed by atoms with Crippen LogP contribution in [0, 0.1) is 0 Å². The van der Waals surface area contributed by atoms with E-state index in [4.69, 9.17) is 34.2 Å². The molecule has 1 amide bonds. The Kier molecular flexibility index (Phi) is 7.18. The summed E-state index contributed by atoms with van der Waals surface area (Å²) in [6.07, 6.45) is -1.34. The number of cyclic esters (lactones) is 1. The first kappa shape index (κ1) is 26.8. The monoisotopic (exact) mass is 562 g/mol. The van der Waals surface area contributed by atoms with Gasteiger partial charge in [0.25, 0.3) is 0 Å². The molecule has 4 aromatic rings. The lowest BCUT2D eigenvalue weighted by Crippen LogP contribution is -2.36. The molecule has 1 aliphatic heterocycles. The van der Waals surface area contributed by atoms with Crippen LogP contribution in [0.2, 0.25) is 0 Å². The first-order chi connectivity index (χ1) is 19.3. The maximum absolute atomic E-state index is 13.6. The number of amides is 1. The minimum Gasteiger partial charge on any atom is -0.497 e. The minimum atomic E-state index is -2.03.